The molecule has 2 N–H and O–H groups in total. The molecule has 2 amide bonds. The van der Waals surface area contributed by atoms with E-state index in [9.17, 15) is 27.6 Å². The molecule has 0 spiro atoms. The van der Waals surface area contributed by atoms with E-state index in [0.717, 1.165) is 4.90 Å². The Balaban J connectivity index is 1.77. The van der Waals surface area contributed by atoms with Crippen LogP contribution in [0.1, 0.15) is 24.5 Å². The summed E-state index contributed by atoms with van der Waals surface area (Å²) in [5, 5.41) is 2.45. The number of sulfonamides is 1. The summed E-state index contributed by atoms with van der Waals surface area (Å²) in [6, 6.07) is 22.2. The number of aldehydes is 1. The summed E-state index contributed by atoms with van der Waals surface area (Å²) in [6.45, 7) is 0.752. The third kappa shape index (κ3) is 6.51. The van der Waals surface area contributed by atoms with Crippen LogP contribution in [0.3, 0.4) is 0 Å². The Hall–Kier alpha value is -4.48. The maximum Gasteiger partial charge on any atom is 0.268 e. The van der Waals surface area contributed by atoms with E-state index in [0.29, 0.717) is 28.8 Å². The Morgan fingerprint density at radius 3 is 2.23 bits per heavy atom. The average molecular weight is 547 g/mol. The van der Waals surface area contributed by atoms with E-state index in [1.807, 2.05) is 6.07 Å². The molecule has 3 aromatic carbocycles. The lowest BCUT2D eigenvalue weighted by Crippen LogP contribution is -2.51. The smallest absolute Gasteiger partial charge is 0.268 e. The number of carbonyl (C=O) groups excluding carboxylic acids is 4. The van der Waals surface area contributed by atoms with Crippen LogP contribution in [-0.2, 0) is 29.2 Å². The molecule has 200 valence electrons. The highest BCUT2D eigenvalue weighted by atomic mass is 32.2. The molecule has 0 fully saturated rings. The first-order chi connectivity index (χ1) is 18.7. The summed E-state index contributed by atoms with van der Waals surface area (Å²) >= 11 is 0. The van der Waals surface area contributed by atoms with Crippen LogP contribution in [0, 0.1) is 0 Å². The number of Topliss-reactive ketones (excluding diaryl/α,β-unsaturated/α-hetero) is 1. The van der Waals surface area contributed by atoms with E-state index in [4.69, 9.17) is 0 Å². The molecule has 0 saturated heterocycles. The van der Waals surface area contributed by atoms with Crippen molar-refractivity contribution >= 4 is 45.3 Å². The van der Waals surface area contributed by atoms with Crippen molar-refractivity contribution in [2.45, 2.75) is 30.4 Å². The number of amides is 2. The van der Waals surface area contributed by atoms with Gasteiger partial charge in [0.2, 0.25) is 15.9 Å². The molecule has 0 aliphatic carbocycles. The fraction of sp³-hybridized carbons (Fsp3) is 0.179. The SMILES string of the molecule is CC(=O)C[C@@H](C=O)NC(=O)CN1C(=O)C(NS(=O)(=O)c2ccccc2)N=C(c2ccccc2)c2ccccc21. The quantitative estimate of drug-likeness (QED) is 0.372. The van der Waals surface area contributed by atoms with E-state index in [-0.39, 0.29) is 17.1 Å². The molecule has 1 heterocycles. The van der Waals surface area contributed by atoms with Crippen LogP contribution in [0.2, 0.25) is 0 Å². The van der Waals surface area contributed by atoms with E-state index >= 15 is 0 Å². The Kier molecular flexibility index (Phi) is 8.43. The zero-order valence-corrected chi connectivity index (χ0v) is 21.8. The Bertz CT molecular complexity index is 1520. The number of carbonyl (C=O) groups is 4. The van der Waals surface area contributed by atoms with Gasteiger partial charge in [0.15, 0.2) is 6.17 Å². The fourth-order valence-corrected chi connectivity index (χ4v) is 5.25. The van der Waals surface area contributed by atoms with Gasteiger partial charge in [-0.25, -0.2) is 8.42 Å². The van der Waals surface area contributed by atoms with Crippen molar-refractivity contribution in [1.29, 1.82) is 0 Å². The van der Waals surface area contributed by atoms with Gasteiger partial charge in [0.1, 0.15) is 18.6 Å². The number of anilines is 1. The van der Waals surface area contributed by atoms with Crippen LogP contribution in [0.25, 0.3) is 0 Å². The van der Waals surface area contributed by atoms with Gasteiger partial charge in [0.05, 0.1) is 22.3 Å². The number of nitrogens with zero attached hydrogens (tertiary/aromatic N) is 2. The predicted octanol–water partition coefficient (Wildman–Crippen LogP) is 1.84. The number of fused-ring (bicyclic) bond motifs is 1. The van der Waals surface area contributed by atoms with Gasteiger partial charge in [-0.1, -0.05) is 66.7 Å². The van der Waals surface area contributed by atoms with Gasteiger partial charge in [-0.3, -0.25) is 24.3 Å². The molecule has 4 rings (SSSR count). The molecule has 2 atom stereocenters. The maximum absolute atomic E-state index is 13.9. The topological polar surface area (TPSA) is 142 Å². The third-order valence-corrected chi connectivity index (χ3v) is 7.32. The minimum atomic E-state index is -4.18. The minimum Gasteiger partial charge on any atom is -0.345 e. The predicted molar refractivity (Wildman–Crippen MR) is 145 cm³/mol. The van der Waals surface area contributed by atoms with Gasteiger partial charge in [-0.15, -0.1) is 0 Å². The van der Waals surface area contributed by atoms with Crippen molar-refractivity contribution in [3.63, 3.8) is 0 Å². The largest absolute Gasteiger partial charge is 0.345 e. The van der Waals surface area contributed by atoms with Crippen molar-refractivity contribution in [2.75, 3.05) is 11.4 Å². The second kappa shape index (κ2) is 11.9. The highest BCUT2D eigenvalue weighted by molar-refractivity contribution is 7.89. The van der Waals surface area contributed by atoms with Crippen molar-refractivity contribution in [3.05, 3.63) is 96.1 Å². The second-order valence-corrected chi connectivity index (χ2v) is 10.6. The third-order valence-electron chi connectivity index (χ3n) is 5.90. The molecule has 3 aromatic rings. The van der Waals surface area contributed by atoms with Gasteiger partial charge < -0.3 is 10.1 Å². The Morgan fingerprint density at radius 2 is 1.59 bits per heavy atom. The molecule has 1 aliphatic rings. The maximum atomic E-state index is 13.9. The van der Waals surface area contributed by atoms with Crippen molar-refractivity contribution < 1.29 is 27.6 Å². The summed E-state index contributed by atoms with van der Waals surface area (Å²) in [7, 11) is -4.18. The fourth-order valence-electron chi connectivity index (χ4n) is 4.15. The first-order valence-electron chi connectivity index (χ1n) is 12.0. The lowest BCUT2D eigenvalue weighted by atomic mass is 10.0. The first-order valence-corrected chi connectivity index (χ1v) is 13.5. The van der Waals surface area contributed by atoms with Crippen LogP contribution in [0.15, 0.2) is 94.8 Å². The van der Waals surface area contributed by atoms with Gasteiger partial charge in [-0.05, 0) is 25.1 Å². The highest BCUT2D eigenvalue weighted by Gasteiger charge is 2.36. The summed E-state index contributed by atoms with van der Waals surface area (Å²) in [6.07, 6.45) is -1.35. The highest BCUT2D eigenvalue weighted by Crippen LogP contribution is 2.28. The molecule has 11 heteroatoms. The first kappa shape index (κ1) is 27.6. The summed E-state index contributed by atoms with van der Waals surface area (Å²) in [5.41, 5.74) is 1.82. The number of benzodiazepines with no additional fused rings is 1. The number of para-hydroxylation sites is 1. The molecule has 1 unspecified atom stereocenters. The monoisotopic (exact) mass is 546 g/mol. The average Bonchev–Trinajstić information content (AvgIpc) is 3.04. The van der Waals surface area contributed by atoms with E-state index in [2.05, 4.69) is 15.0 Å². The molecule has 0 radical (unpaired) electrons. The molecule has 39 heavy (non-hydrogen) atoms. The van der Waals surface area contributed by atoms with Crippen LogP contribution in [0.4, 0.5) is 5.69 Å². The van der Waals surface area contributed by atoms with Gasteiger partial charge in [-0.2, -0.15) is 4.72 Å². The molecule has 1 aliphatic heterocycles. The lowest BCUT2D eigenvalue weighted by molar-refractivity contribution is -0.126. The van der Waals surface area contributed by atoms with E-state index < -0.39 is 40.6 Å². The number of aliphatic imine (C=N–C) groups is 1. The van der Waals surface area contributed by atoms with Crippen LogP contribution < -0.4 is 14.9 Å². The van der Waals surface area contributed by atoms with E-state index in [1.165, 1.54) is 19.1 Å². The van der Waals surface area contributed by atoms with Crippen molar-refractivity contribution in [3.8, 4) is 0 Å². The van der Waals surface area contributed by atoms with Crippen molar-refractivity contribution in [1.82, 2.24) is 10.0 Å². The number of hydrogen-bond acceptors (Lipinski definition) is 7. The standard InChI is InChI=1S/C28H26N4O6S/c1-19(34)16-21(18-33)29-25(35)17-32-24-15-9-8-14-23(24)26(20-10-4-2-5-11-20)30-27(28(32)36)31-39(37,38)22-12-6-3-7-13-22/h2-15,18,21,27,31H,16-17H2,1H3,(H,29,35)/t21-,27?/m0/s1. The normalized spacial score (nSPS) is 15.9. The van der Waals surface area contributed by atoms with Gasteiger partial charge in [0.25, 0.3) is 5.91 Å². The van der Waals surface area contributed by atoms with Gasteiger partial charge in [0, 0.05) is 17.5 Å². The minimum absolute atomic E-state index is 0.0571. The number of benzene rings is 3. The van der Waals surface area contributed by atoms with Crippen LogP contribution in [-0.4, -0.2) is 56.8 Å². The number of ketones is 1. The number of hydrogen-bond donors (Lipinski definition) is 2. The second-order valence-electron chi connectivity index (χ2n) is 8.84. The number of rotatable bonds is 10. The van der Waals surface area contributed by atoms with Crippen LogP contribution >= 0.6 is 0 Å². The van der Waals surface area contributed by atoms with Gasteiger partial charge >= 0.3 is 0 Å². The zero-order chi connectivity index (χ0) is 28.0. The molecular formula is C28H26N4O6S. The molecule has 10 nitrogen and oxygen atoms in total. The van der Waals surface area contributed by atoms with Crippen molar-refractivity contribution in [2.24, 2.45) is 4.99 Å². The summed E-state index contributed by atoms with van der Waals surface area (Å²) in [4.78, 5) is 55.3. The molecule has 0 aromatic heterocycles. The molecular weight excluding hydrogens is 520 g/mol. The Labute approximate surface area is 225 Å². The lowest BCUT2D eigenvalue weighted by Gasteiger charge is -2.25. The number of nitrogens with one attached hydrogen (secondary N) is 2. The van der Waals surface area contributed by atoms with Crippen LogP contribution in [0.5, 0.6) is 0 Å². The summed E-state index contributed by atoms with van der Waals surface area (Å²) in [5.74, 6) is -1.79. The molecule has 0 saturated carbocycles. The summed E-state index contributed by atoms with van der Waals surface area (Å²) < 4.78 is 28.8. The Morgan fingerprint density at radius 1 is 0.974 bits per heavy atom. The zero-order valence-electron chi connectivity index (χ0n) is 21.0. The molecule has 0 bridgehead atoms. The van der Waals surface area contributed by atoms with E-state index in [1.54, 1.807) is 66.7 Å².